The SMILES string of the molecule is COc1ccc(C)cc1.COc1ccc(N(c2ccc(OC)cc2)c2ccc3c(c2)C2(c4ccccc4-c4ccc(C)cc42)c2ccccc2-3)cc1.Cc1ccc(O)cc1. The first-order valence-electron chi connectivity index (χ1n) is 20.1. The predicted molar refractivity (Wildman–Crippen MR) is 246 cm³/mol. The molecule has 60 heavy (non-hydrogen) atoms. The summed E-state index contributed by atoms with van der Waals surface area (Å²) in [5, 5.41) is 8.76. The smallest absolute Gasteiger partial charge is 0.119 e. The monoisotopic (exact) mass is 787 g/mol. The van der Waals surface area contributed by atoms with Crippen LogP contribution in [0, 0.1) is 20.8 Å². The Morgan fingerprint density at radius 2 is 0.733 bits per heavy atom. The number of aromatic hydroxyl groups is 1. The number of rotatable bonds is 6. The number of aryl methyl sites for hydroxylation is 3. The van der Waals surface area contributed by atoms with E-state index in [0.717, 1.165) is 34.3 Å². The highest BCUT2D eigenvalue weighted by Crippen LogP contribution is 2.63. The first-order chi connectivity index (χ1) is 29.2. The lowest BCUT2D eigenvalue weighted by molar-refractivity contribution is 0.414. The lowest BCUT2D eigenvalue weighted by atomic mass is 9.70. The Kier molecular flexibility index (Phi) is 11.2. The standard InChI is InChI=1S/C40H31NO2.C8H10O.C7H8O/c1-26-12-22-34-32-8-4-6-10-36(32)40(38(34)24-26)37-11-7-5-9-33(37)35-23-17-29(25-39(35)40)41(27-13-18-30(42-2)19-14-27)28-15-20-31(43-3)21-16-28;1-7-3-5-8(9-2)6-4-7;1-6-2-4-7(8)5-3-6/h4-25H,1-3H3;3-6H,1-2H3;2-5,8H,1H3. The minimum atomic E-state index is -0.397. The van der Waals surface area contributed by atoms with E-state index in [9.17, 15) is 0 Å². The van der Waals surface area contributed by atoms with Crippen LogP contribution in [-0.4, -0.2) is 26.4 Å². The van der Waals surface area contributed by atoms with Gasteiger partial charge in [-0.3, -0.25) is 0 Å². The summed E-state index contributed by atoms with van der Waals surface area (Å²) in [6.45, 7) is 6.24. The molecule has 0 saturated carbocycles. The molecule has 1 unspecified atom stereocenters. The van der Waals surface area contributed by atoms with Crippen LogP contribution in [0.3, 0.4) is 0 Å². The first-order valence-corrected chi connectivity index (χ1v) is 20.1. The molecule has 1 N–H and O–H groups in total. The first kappa shape index (κ1) is 39.6. The van der Waals surface area contributed by atoms with Crippen LogP contribution in [-0.2, 0) is 5.41 Å². The maximum atomic E-state index is 8.76. The van der Waals surface area contributed by atoms with Crippen LogP contribution in [0.15, 0.2) is 182 Å². The molecule has 0 radical (unpaired) electrons. The third-order valence-corrected chi connectivity index (χ3v) is 11.4. The largest absolute Gasteiger partial charge is 0.508 e. The molecule has 298 valence electrons. The van der Waals surface area contributed by atoms with Gasteiger partial charge in [0, 0.05) is 17.1 Å². The third-order valence-electron chi connectivity index (χ3n) is 11.4. The molecule has 5 heteroatoms. The highest BCUT2D eigenvalue weighted by molar-refractivity contribution is 5.96. The molecule has 8 aromatic rings. The van der Waals surface area contributed by atoms with Gasteiger partial charge in [-0.1, -0.05) is 114 Å². The summed E-state index contributed by atoms with van der Waals surface area (Å²) < 4.78 is 16.0. The summed E-state index contributed by atoms with van der Waals surface area (Å²) in [5.74, 6) is 2.91. The van der Waals surface area contributed by atoms with Crippen molar-refractivity contribution in [2.24, 2.45) is 0 Å². The van der Waals surface area contributed by atoms with Crippen LogP contribution in [0.25, 0.3) is 22.3 Å². The second-order valence-electron chi connectivity index (χ2n) is 15.2. The van der Waals surface area contributed by atoms with Crippen LogP contribution in [0.2, 0.25) is 0 Å². The molecule has 2 aliphatic rings. The fourth-order valence-electron chi connectivity index (χ4n) is 8.51. The number of hydrogen-bond donors (Lipinski definition) is 1. The highest BCUT2D eigenvalue weighted by atomic mass is 16.5. The molecule has 1 spiro atoms. The summed E-state index contributed by atoms with van der Waals surface area (Å²) in [6, 6.07) is 63.4. The number of benzene rings is 8. The van der Waals surface area contributed by atoms with Crippen molar-refractivity contribution in [3.63, 3.8) is 0 Å². The normalized spacial score (nSPS) is 13.6. The summed E-state index contributed by atoms with van der Waals surface area (Å²) in [4.78, 5) is 2.31. The van der Waals surface area contributed by atoms with Gasteiger partial charge < -0.3 is 24.2 Å². The van der Waals surface area contributed by atoms with Gasteiger partial charge in [0.05, 0.1) is 26.7 Å². The molecule has 8 aromatic carbocycles. The van der Waals surface area contributed by atoms with Crippen molar-refractivity contribution in [1.82, 2.24) is 0 Å². The van der Waals surface area contributed by atoms with Gasteiger partial charge in [0.1, 0.15) is 23.0 Å². The van der Waals surface area contributed by atoms with E-state index in [-0.39, 0.29) is 0 Å². The fraction of sp³-hybridized carbons (Fsp3) is 0.127. The van der Waals surface area contributed by atoms with Crippen molar-refractivity contribution < 1.29 is 19.3 Å². The number of phenols is 1. The Morgan fingerprint density at radius 1 is 0.367 bits per heavy atom. The number of methoxy groups -OCH3 is 3. The van der Waals surface area contributed by atoms with Gasteiger partial charge in [0.2, 0.25) is 0 Å². The molecule has 10 rings (SSSR count). The third kappa shape index (κ3) is 7.35. The van der Waals surface area contributed by atoms with E-state index in [2.05, 4.69) is 128 Å². The second-order valence-corrected chi connectivity index (χ2v) is 15.2. The van der Waals surface area contributed by atoms with E-state index in [1.807, 2.05) is 67.6 Å². The Morgan fingerprint density at radius 3 is 1.20 bits per heavy atom. The van der Waals surface area contributed by atoms with Gasteiger partial charge in [-0.05, 0) is 150 Å². The zero-order chi connectivity index (χ0) is 41.8. The molecule has 0 bridgehead atoms. The maximum absolute atomic E-state index is 8.76. The molecule has 0 fully saturated rings. The number of hydrogen-bond acceptors (Lipinski definition) is 5. The second kappa shape index (κ2) is 16.9. The van der Waals surface area contributed by atoms with Crippen molar-refractivity contribution in [2.75, 3.05) is 26.2 Å². The Balaban J connectivity index is 0.000000244. The predicted octanol–water partition coefficient (Wildman–Crippen LogP) is 13.5. The molecule has 0 amide bonds. The van der Waals surface area contributed by atoms with Gasteiger partial charge in [-0.2, -0.15) is 0 Å². The molecule has 0 heterocycles. The van der Waals surface area contributed by atoms with E-state index in [4.69, 9.17) is 19.3 Å². The van der Waals surface area contributed by atoms with E-state index >= 15 is 0 Å². The summed E-state index contributed by atoms with van der Waals surface area (Å²) in [7, 11) is 5.07. The zero-order valence-corrected chi connectivity index (χ0v) is 34.9. The van der Waals surface area contributed by atoms with Gasteiger partial charge in [0.15, 0.2) is 0 Å². The van der Waals surface area contributed by atoms with E-state index < -0.39 is 5.41 Å². The Labute approximate surface area is 353 Å². The van der Waals surface area contributed by atoms with Gasteiger partial charge >= 0.3 is 0 Å². The molecule has 2 aliphatic carbocycles. The molecular formula is C55H49NO4. The van der Waals surface area contributed by atoms with E-state index in [0.29, 0.717) is 5.75 Å². The molecular weight excluding hydrogens is 739 g/mol. The number of anilines is 3. The van der Waals surface area contributed by atoms with Crippen LogP contribution in [0.5, 0.6) is 23.0 Å². The quantitative estimate of drug-likeness (QED) is 0.182. The highest BCUT2D eigenvalue weighted by Gasteiger charge is 2.51. The summed E-state index contributed by atoms with van der Waals surface area (Å²) in [5.41, 5.74) is 17.1. The molecule has 0 aromatic heterocycles. The van der Waals surface area contributed by atoms with Crippen molar-refractivity contribution >= 4 is 17.1 Å². The van der Waals surface area contributed by atoms with E-state index in [1.165, 1.54) is 61.2 Å². The van der Waals surface area contributed by atoms with Crippen molar-refractivity contribution in [3.05, 3.63) is 221 Å². The number of nitrogens with zero attached hydrogens (tertiary/aromatic N) is 1. The zero-order valence-electron chi connectivity index (χ0n) is 34.9. The maximum Gasteiger partial charge on any atom is 0.119 e. The van der Waals surface area contributed by atoms with Crippen LogP contribution >= 0.6 is 0 Å². The number of ether oxygens (including phenoxy) is 3. The van der Waals surface area contributed by atoms with Gasteiger partial charge in [-0.15, -0.1) is 0 Å². The Bertz CT molecular complexity index is 2660. The average Bonchev–Trinajstić information content (AvgIpc) is 3.75. The van der Waals surface area contributed by atoms with Gasteiger partial charge in [0.25, 0.3) is 0 Å². The molecule has 0 saturated heterocycles. The lowest BCUT2D eigenvalue weighted by Crippen LogP contribution is -2.26. The summed E-state index contributed by atoms with van der Waals surface area (Å²) in [6.07, 6.45) is 0. The van der Waals surface area contributed by atoms with Crippen molar-refractivity contribution in [3.8, 4) is 45.3 Å². The van der Waals surface area contributed by atoms with Crippen molar-refractivity contribution in [2.45, 2.75) is 26.2 Å². The van der Waals surface area contributed by atoms with Crippen molar-refractivity contribution in [1.29, 1.82) is 0 Å². The average molecular weight is 788 g/mol. The van der Waals surface area contributed by atoms with Crippen LogP contribution in [0.1, 0.15) is 38.9 Å². The Hall–Kier alpha value is -7.24. The number of fused-ring (bicyclic) bond motifs is 10. The fourth-order valence-corrected chi connectivity index (χ4v) is 8.51. The minimum Gasteiger partial charge on any atom is -0.508 e. The van der Waals surface area contributed by atoms with E-state index in [1.54, 1.807) is 33.5 Å². The topological polar surface area (TPSA) is 51.2 Å². The van der Waals surface area contributed by atoms with Gasteiger partial charge in [-0.25, -0.2) is 0 Å². The number of phenolic OH excluding ortho intramolecular Hbond substituents is 1. The summed E-state index contributed by atoms with van der Waals surface area (Å²) >= 11 is 0. The van der Waals surface area contributed by atoms with Crippen LogP contribution < -0.4 is 19.1 Å². The molecule has 0 aliphatic heterocycles. The van der Waals surface area contributed by atoms with Crippen LogP contribution in [0.4, 0.5) is 17.1 Å². The lowest BCUT2D eigenvalue weighted by Gasteiger charge is -2.32. The molecule has 5 nitrogen and oxygen atoms in total. The minimum absolute atomic E-state index is 0.329. The molecule has 1 atom stereocenters.